The van der Waals surface area contributed by atoms with Crippen molar-refractivity contribution in [1.82, 2.24) is 5.32 Å². The van der Waals surface area contributed by atoms with E-state index in [1.165, 1.54) is 27.9 Å². The standard InChI is InChI=1S/C14H21Br2NOS/c1-2-17-12(13-9-11(15)14(16)19-13)7-6-10-5-3-4-8-18-10/h9-10,12,17H,2-8H2,1H3. The molecular formula is C14H21Br2NOS. The molecule has 0 amide bonds. The van der Waals surface area contributed by atoms with Crippen molar-refractivity contribution in [1.29, 1.82) is 0 Å². The first-order chi connectivity index (χ1) is 9.20. The molecule has 1 fully saturated rings. The van der Waals surface area contributed by atoms with Gasteiger partial charge < -0.3 is 10.1 Å². The maximum atomic E-state index is 5.83. The highest BCUT2D eigenvalue weighted by Gasteiger charge is 2.19. The molecule has 5 heteroatoms. The van der Waals surface area contributed by atoms with Crippen molar-refractivity contribution < 1.29 is 4.74 Å². The lowest BCUT2D eigenvalue weighted by atomic mass is 10.0. The zero-order valence-electron chi connectivity index (χ0n) is 11.3. The lowest BCUT2D eigenvalue weighted by Gasteiger charge is -2.25. The van der Waals surface area contributed by atoms with Gasteiger partial charge in [0.1, 0.15) is 0 Å². The summed E-state index contributed by atoms with van der Waals surface area (Å²) in [5.41, 5.74) is 0. The molecule has 1 aliphatic heterocycles. The predicted octanol–water partition coefficient (Wildman–Crippen LogP) is 5.27. The Kier molecular flexibility index (Phi) is 6.83. The molecule has 0 saturated carbocycles. The van der Waals surface area contributed by atoms with E-state index in [2.05, 4.69) is 50.2 Å². The lowest BCUT2D eigenvalue weighted by Crippen LogP contribution is -2.24. The van der Waals surface area contributed by atoms with Crippen LogP contribution in [0.5, 0.6) is 0 Å². The summed E-state index contributed by atoms with van der Waals surface area (Å²) >= 11 is 8.97. The molecule has 2 nitrogen and oxygen atoms in total. The van der Waals surface area contributed by atoms with Gasteiger partial charge in [-0.1, -0.05) is 6.92 Å². The molecule has 0 aromatic carbocycles. The maximum Gasteiger partial charge on any atom is 0.0843 e. The highest BCUT2D eigenvalue weighted by Crippen LogP contribution is 2.37. The van der Waals surface area contributed by atoms with Gasteiger partial charge in [-0.2, -0.15) is 0 Å². The molecule has 0 spiro atoms. The van der Waals surface area contributed by atoms with Crippen LogP contribution in [-0.4, -0.2) is 19.3 Å². The number of hydrogen-bond acceptors (Lipinski definition) is 3. The Hall–Kier alpha value is 0.580. The maximum absolute atomic E-state index is 5.83. The second-order valence-corrected chi connectivity index (χ2v) is 8.20. The Balaban J connectivity index is 1.91. The Morgan fingerprint density at radius 3 is 2.89 bits per heavy atom. The number of rotatable bonds is 6. The van der Waals surface area contributed by atoms with Crippen LogP contribution in [0.25, 0.3) is 0 Å². The molecule has 1 aromatic rings. The summed E-state index contributed by atoms with van der Waals surface area (Å²) < 4.78 is 8.17. The largest absolute Gasteiger partial charge is 0.378 e. The van der Waals surface area contributed by atoms with Gasteiger partial charge in [-0.3, -0.25) is 0 Å². The molecule has 1 N–H and O–H groups in total. The van der Waals surface area contributed by atoms with Crippen molar-refractivity contribution in [3.63, 3.8) is 0 Å². The van der Waals surface area contributed by atoms with Crippen LogP contribution in [0, 0.1) is 0 Å². The van der Waals surface area contributed by atoms with E-state index in [9.17, 15) is 0 Å². The van der Waals surface area contributed by atoms with E-state index >= 15 is 0 Å². The molecule has 1 aliphatic rings. The molecule has 108 valence electrons. The fourth-order valence-corrected chi connectivity index (χ4v) is 4.71. The van der Waals surface area contributed by atoms with Gasteiger partial charge in [0.05, 0.1) is 9.89 Å². The molecule has 0 aliphatic carbocycles. The van der Waals surface area contributed by atoms with E-state index in [0.29, 0.717) is 12.1 Å². The van der Waals surface area contributed by atoms with Gasteiger partial charge in [0.15, 0.2) is 0 Å². The van der Waals surface area contributed by atoms with Crippen LogP contribution in [0.2, 0.25) is 0 Å². The van der Waals surface area contributed by atoms with Gasteiger partial charge in [-0.05, 0) is 76.6 Å². The minimum atomic E-state index is 0.447. The summed E-state index contributed by atoms with van der Waals surface area (Å²) in [6, 6.07) is 2.67. The summed E-state index contributed by atoms with van der Waals surface area (Å²) in [4.78, 5) is 1.40. The summed E-state index contributed by atoms with van der Waals surface area (Å²) in [6.07, 6.45) is 6.58. The first-order valence-electron chi connectivity index (χ1n) is 7.00. The Morgan fingerprint density at radius 2 is 2.32 bits per heavy atom. The van der Waals surface area contributed by atoms with E-state index in [1.54, 1.807) is 0 Å². The van der Waals surface area contributed by atoms with Crippen LogP contribution in [0.1, 0.15) is 49.9 Å². The van der Waals surface area contributed by atoms with Crippen molar-refractivity contribution >= 4 is 43.2 Å². The summed E-state index contributed by atoms with van der Waals surface area (Å²) in [5, 5.41) is 3.59. The van der Waals surface area contributed by atoms with Crippen LogP contribution in [-0.2, 0) is 4.74 Å². The molecular weight excluding hydrogens is 390 g/mol. The fraction of sp³-hybridized carbons (Fsp3) is 0.714. The topological polar surface area (TPSA) is 21.3 Å². The van der Waals surface area contributed by atoms with Gasteiger partial charge in [-0.25, -0.2) is 0 Å². The molecule has 2 heterocycles. The van der Waals surface area contributed by atoms with Crippen molar-refractivity contribution in [2.45, 2.75) is 51.2 Å². The molecule has 2 atom stereocenters. The van der Waals surface area contributed by atoms with Crippen molar-refractivity contribution in [3.05, 3.63) is 19.2 Å². The van der Waals surface area contributed by atoms with E-state index in [4.69, 9.17) is 4.74 Å². The molecule has 0 bridgehead atoms. The molecule has 2 unspecified atom stereocenters. The normalized spacial score (nSPS) is 21.5. The average molecular weight is 411 g/mol. The van der Waals surface area contributed by atoms with Crippen molar-refractivity contribution in [2.75, 3.05) is 13.2 Å². The van der Waals surface area contributed by atoms with Crippen LogP contribution in [0.3, 0.4) is 0 Å². The summed E-state index contributed by atoms with van der Waals surface area (Å²) in [6.45, 7) is 4.12. The van der Waals surface area contributed by atoms with Crippen molar-refractivity contribution in [3.8, 4) is 0 Å². The van der Waals surface area contributed by atoms with Crippen LogP contribution >= 0.6 is 43.2 Å². The monoisotopic (exact) mass is 409 g/mol. The zero-order valence-corrected chi connectivity index (χ0v) is 15.2. The fourth-order valence-electron chi connectivity index (χ4n) is 2.51. The third-order valence-corrected chi connectivity index (χ3v) is 6.88. The van der Waals surface area contributed by atoms with Gasteiger partial charge in [0.2, 0.25) is 0 Å². The Morgan fingerprint density at radius 1 is 1.47 bits per heavy atom. The quantitative estimate of drug-likeness (QED) is 0.689. The molecule has 19 heavy (non-hydrogen) atoms. The Bertz CT molecular complexity index is 371. The number of ether oxygens (including phenoxy) is 1. The number of hydrogen-bond donors (Lipinski definition) is 1. The van der Waals surface area contributed by atoms with Gasteiger partial charge >= 0.3 is 0 Å². The minimum Gasteiger partial charge on any atom is -0.378 e. The van der Waals surface area contributed by atoms with Gasteiger partial charge in [-0.15, -0.1) is 11.3 Å². The average Bonchev–Trinajstić information content (AvgIpc) is 2.76. The van der Waals surface area contributed by atoms with Gasteiger partial charge in [0.25, 0.3) is 0 Å². The predicted molar refractivity (Wildman–Crippen MR) is 89.0 cm³/mol. The second-order valence-electron chi connectivity index (χ2n) is 4.95. The summed E-state index contributed by atoms with van der Waals surface area (Å²) in [7, 11) is 0. The van der Waals surface area contributed by atoms with E-state index < -0.39 is 0 Å². The first-order valence-corrected chi connectivity index (χ1v) is 9.40. The van der Waals surface area contributed by atoms with E-state index in [-0.39, 0.29) is 0 Å². The molecule has 1 saturated heterocycles. The molecule has 0 radical (unpaired) electrons. The SMILES string of the molecule is CCNC(CCC1CCCCO1)c1cc(Br)c(Br)s1. The van der Waals surface area contributed by atoms with Crippen LogP contribution < -0.4 is 5.32 Å². The highest BCUT2D eigenvalue weighted by atomic mass is 79.9. The zero-order chi connectivity index (χ0) is 13.7. The minimum absolute atomic E-state index is 0.447. The smallest absolute Gasteiger partial charge is 0.0843 e. The molecule has 2 rings (SSSR count). The van der Waals surface area contributed by atoms with Crippen LogP contribution in [0.4, 0.5) is 0 Å². The first kappa shape index (κ1) is 16.0. The molecule has 1 aromatic heterocycles. The third-order valence-electron chi connectivity index (χ3n) is 3.51. The van der Waals surface area contributed by atoms with E-state index in [0.717, 1.165) is 30.5 Å². The third kappa shape index (κ3) is 4.81. The number of halogens is 2. The van der Waals surface area contributed by atoms with E-state index in [1.807, 2.05) is 11.3 Å². The van der Waals surface area contributed by atoms with Gasteiger partial charge in [0, 0.05) is 22.0 Å². The summed E-state index contributed by atoms with van der Waals surface area (Å²) in [5.74, 6) is 0. The number of nitrogens with one attached hydrogen (secondary N) is 1. The van der Waals surface area contributed by atoms with Crippen molar-refractivity contribution in [2.24, 2.45) is 0 Å². The second kappa shape index (κ2) is 8.13. The highest BCUT2D eigenvalue weighted by molar-refractivity contribution is 9.13. The lowest BCUT2D eigenvalue weighted by molar-refractivity contribution is 0.00862. The number of thiophene rings is 1. The Labute approximate surface area is 136 Å². The van der Waals surface area contributed by atoms with Crippen LogP contribution in [0.15, 0.2) is 14.3 Å².